The topological polar surface area (TPSA) is 80.0 Å². The molecule has 1 atom stereocenters. The fourth-order valence-corrected chi connectivity index (χ4v) is 5.47. The predicted octanol–water partition coefficient (Wildman–Crippen LogP) is 6.07. The molecule has 2 heterocycles. The van der Waals surface area contributed by atoms with Crippen molar-refractivity contribution in [1.82, 2.24) is 14.5 Å². The minimum absolute atomic E-state index is 0.344. The highest BCUT2D eigenvalue weighted by Crippen LogP contribution is 2.36. The van der Waals surface area contributed by atoms with Crippen LogP contribution in [0.5, 0.6) is 0 Å². The molecule has 0 aliphatic carbocycles. The molecule has 2 N–H and O–H groups in total. The second-order valence-electron chi connectivity index (χ2n) is 8.48. The fourth-order valence-electron chi connectivity index (χ4n) is 4.62. The number of nitrogens with one attached hydrogen (secondary N) is 1. The van der Waals surface area contributed by atoms with Gasteiger partial charge in [0, 0.05) is 18.7 Å². The molecular weight excluding hydrogens is 504 g/mol. The third-order valence-corrected chi connectivity index (χ3v) is 7.17. The third-order valence-electron chi connectivity index (χ3n) is 6.32. The summed E-state index contributed by atoms with van der Waals surface area (Å²) in [6.45, 7) is 2.75. The Labute approximate surface area is 211 Å². The van der Waals surface area contributed by atoms with Crippen molar-refractivity contribution in [1.29, 1.82) is 0 Å². The van der Waals surface area contributed by atoms with Crippen molar-refractivity contribution in [2.75, 3.05) is 5.32 Å². The van der Waals surface area contributed by atoms with Crippen LogP contribution in [0.15, 0.2) is 83.6 Å². The molecule has 5 aromatic rings. The number of carbonyl (C=O) groups is 1. The van der Waals surface area contributed by atoms with E-state index in [9.17, 15) is 9.90 Å². The molecule has 0 amide bonds. The summed E-state index contributed by atoms with van der Waals surface area (Å²) in [5.41, 5.74) is 4.00. The lowest BCUT2D eigenvalue weighted by molar-refractivity contribution is -0.137. The van der Waals surface area contributed by atoms with Gasteiger partial charge in [-0.25, -0.2) is 14.8 Å². The molecule has 35 heavy (non-hydrogen) atoms. The van der Waals surface area contributed by atoms with Crippen LogP contribution in [-0.2, 0) is 24.2 Å². The SMILES string of the molecule is CCc1c(Br)c2c(N[C@H](Cc3ccccc3)C(=O)O)ncnc2n1Cc1cccc2ccccc12. The molecule has 0 saturated heterocycles. The largest absolute Gasteiger partial charge is 0.480 e. The Hall–Kier alpha value is -3.71. The molecule has 0 aliphatic heterocycles. The highest BCUT2D eigenvalue weighted by Gasteiger charge is 2.24. The number of carboxylic acid groups (broad SMARTS) is 1. The third kappa shape index (κ3) is 4.51. The molecule has 7 heteroatoms. The van der Waals surface area contributed by atoms with E-state index in [1.807, 2.05) is 36.4 Å². The molecule has 0 bridgehead atoms. The lowest BCUT2D eigenvalue weighted by atomic mass is 10.0. The van der Waals surface area contributed by atoms with Crippen LogP contribution in [0.3, 0.4) is 0 Å². The summed E-state index contributed by atoms with van der Waals surface area (Å²) in [7, 11) is 0. The number of benzene rings is 3. The molecule has 0 radical (unpaired) electrons. The Balaban J connectivity index is 1.57. The number of aromatic nitrogens is 3. The maximum absolute atomic E-state index is 12.1. The molecule has 176 valence electrons. The molecule has 5 rings (SSSR count). The van der Waals surface area contributed by atoms with E-state index in [1.54, 1.807) is 0 Å². The first kappa shape index (κ1) is 23.1. The first-order chi connectivity index (χ1) is 17.1. The zero-order valence-electron chi connectivity index (χ0n) is 19.3. The van der Waals surface area contributed by atoms with E-state index in [-0.39, 0.29) is 0 Å². The normalized spacial score (nSPS) is 12.2. The van der Waals surface area contributed by atoms with Gasteiger partial charge in [-0.05, 0) is 44.3 Å². The average molecular weight is 529 g/mol. The van der Waals surface area contributed by atoms with Crippen molar-refractivity contribution in [2.24, 2.45) is 0 Å². The molecule has 0 unspecified atom stereocenters. The van der Waals surface area contributed by atoms with Crippen LogP contribution in [0, 0.1) is 0 Å². The van der Waals surface area contributed by atoms with E-state index in [0.29, 0.717) is 18.8 Å². The van der Waals surface area contributed by atoms with Crippen LogP contribution < -0.4 is 5.32 Å². The number of fused-ring (bicyclic) bond motifs is 2. The summed E-state index contributed by atoms with van der Waals surface area (Å²) in [5, 5.41) is 16.3. The molecule has 2 aromatic heterocycles. The Bertz CT molecular complexity index is 1510. The molecule has 0 spiro atoms. The Morgan fingerprint density at radius 3 is 2.54 bits per heavy atom. The van der Waals surface area contributed by atoms with Gasteiger partial charge in [-0.15, -0.1) is 0 Å². The van der Waals surface area contributed by atoms with E-state index in [4.69, 9.17) is 0 Å². The highest BCUT2D eigenvalue weighted by atomic mass is 79.9. The molecule has 3 aromatic carbocycles. The monoisotopic (exact) mass is 528 g/mol. The molecule has 6 nitrogen and oxygen atoms in total. The van der Waals surface area contributed by atoms with Gasteiger partial charge in [-0.2, -0.15) is 0 Å². The standard InChI is InChI=1S/C28H25BrN4O2/c1-2-23-25(29)24-26(32-22(28(34)35)15-18-9-4-3-5-10-18)30-17-31-27(24)33(23)16-20-13-8-12-19-11-6-7-14-21(19)20/h3-14,17,22H,2,15-16H2,1H3,(H,34,35)(H,30,31,32)/t22-/m1/s1. The van der Waals surface area contributed by atoms with Gasteiger partial charge in [0.05, 0.1) is 9.86 Å². The zero-order chi connectivity index (χ0) is 24.4. The van der Waals surface area contributed by atoms with Gasteiger partial charge < -0.3 is 15.0 Å². The Morgan fingerprint density at radius 1 is 1.03 bits per heavy atom. The van der Waals surface area contributed by atoms with Crippen molar-refractivity contribution < 1.29 is 9.90 Å². The number of anilines is 1. The zero-order valence-corrected chi connectivity index (χ0v) is 20.9. The summed E-state index contributed by atoms with van der Waals surface area (Å²) in [6.07, 6.45) is 2.63. The van der Waals surface area contributed by atoms with Crippen molar-refractivity contribution in [2.45, 2.75) is 32.4 Å². The summed E-state index contributed by atoms with van der Waals surface area (Å²) in [4.78, 5) is 21.2. The minimum Gasteiger partial charge on any atom is -0.480 e. The smallest absolute Gasteiger partial charge is 0.326 e. The quantitative estimate of drug-likeness (QED) is 0.255. The number of aliphatic carboxylic acids is 1. The van der Waals surface area contributed by atoms with Gasteiger partial charge in [0.1, 0.15) is 23.8 Å². The summed E-state index contributed by atoms with van der Waals surface area (Å²) in [5.74, 6) is -0.417. The predicted molar refractivity (Wildman–Crippen MR) is 143 cm³/mol. The van der Waals surface area contributed by atoms with Crippen LogP contribution in [0.4, 0.5) is 5.82 Å². The molecule has 0 aliphatic rings. The van der Waals surface area contributed by atoms with Crippen LogP contribution >= 0.6 is 15.9 Å². The van der Waals surface area contributed by atoms with Gasteiger partial charge in [-0.3, -0.25) is 0 Å². The fraction of sp³-hybridized carbons (Fsp3) is 0.179. The number of carboxylic acids is 1. The van der Waals surface area contributed by atoms with Crippen LogP contribution in [0.2, 0.25) is 0 Å². The number of halogens is 1. The maximum atomic E-state index is 12.1. The molecule has 0 fully saturated rings. The lowest BCUT2D eigenvalue weighted by Crippen LogP contribution is -2.32. The second kappa shape index (κ2) is 9.88. The minimum atomic E-state index is -0.928. The number of nitrogens with zero attached hydrogens (tertiary/aromatic N) is 3. The van der Waals surface area contributed by atoms with Gasteiger partial charge >= 0.3 is 5.97 Å². The van der Waals surface area contributed by atoms with E-state index >= 15 is 0 Å². The second-order valence-corrected chi connectivity index (χ2v) is 9.28. The van der Waals surface area contributed by atoms with Gasteiger partial charge in [0.25, 0.3) is 0 Å². The van der Waals surface area contributed by atoms with Crippen molar-refractivity contribution in [3.63, 3.8) is 0 Å². The van der Waals surface area contributed by atoms with Crippen LogP contribution in [0.1, 0.15) is 23.7 Å². The van der Waals surface area contributed by atoms with Crippen molar-refractivity contribution >= 4 is 49.5 Å². The summed E-state index contributed by atoms with van der Waals surface area (Å²) >= 11 is 3.78. The first-order valence-electron chi connectivity index (χ1n) is 11.6. The Kier molecular flexibility index (Phi) is 6.51. The summed E-state index contributed by atoms with van der Waals surface area (Å²) in [6, 6.07) is 23.5. The molecule has 0 saturated carbocycles. The van der Waals surface area contributed by atoms with Crippen LogP contribution in [0.25, 0.3) is 21.8 Å². The van der Waals surface area contributed by atoms with Gasteiger partial charge in [0.2, 0.25) is 0 Å². The van der Waals surface area contributed by atoms with Crippen molar-refractivity contribution in [3.05, 3.63) is 100 Å². The van der Waals surface area contributed by atoms with E-state index in [0.717, 1.165) is 33.2 Å². The highest BCUT2D eigenvalue weighted by molar-refractivity contribution is 9.10. The summed E-state index contributed by atoms with van der Waals surface area (Å²) < 4.78 is 3.09. The van der Waals surface area contributed by atoms with Gasteiger partial charge in [0.15, 0.2) is 0 Å². The van der Waals surface area contributed by atoms with E-state index in [1.165, 1.54) is 22.7 Å². The average Bonchev–Trinajstić information content (AvgIpc) is 3.15. The van der Waals surface area contributed by atoms with E-state index < -0.39 is 12.0 Å². The lowest BCUT2D eigenvalue weighted by Gasteiger charge is -2.16. The Morgan fingerprint density at radius 2 is 1.77 bits per heavy atom. The van der Waals surface area contributed by atoms with Gasteiger partial charge in [-0.1, -0.05) is 79.7 Å². The number of hydrogen-bond donors (Lipinski definition) is 2. The first-order valence-corrected chi connectivity index (χ1v) is 12.4. The maximum Gasteiger partial charge on any atom is 0.326 e. The van der Waals surface area contributed by atoms with Crippen molar-refractivity contribution in [3.8, 4) is 0 Å². The number of hydrogen-bond acceptors (Lipinski definition) is 4. The number of rotatable bonds is 8. The molecular formula is C28H25BrN4O2. The van der Waals surface area contributed by atoms with E-state index in [2.05, 4.69) is 79.1 Å². The van der Waals surface area contributed by atoms with Crippen LogP contribution in [-0.4, -0.2) is 31.7 Å².